The number of amides is 1. The molecular formula is C12H15N3O3. The van der Waals surface area contributed by atoms with Crippen molar-refractivity contribution >= 4 is 17.3 Å². The van der Waals surface area contributed by atoms with Crippen LogP contribution in [0.3, 0.4) is 0 Å². The topological polar surface area (TPSA) is 84.3 Å². The van der Waals surface area contributed by atoms with Crippen LogP contribution in [0.15, 0.2) is 18.2 Å². The van der Waals surface area contributed by atoms with Gasteiger partial charge in [-0.15, -0.1) is 0 Å². The third-order valence-electron chi connectivity index (χ3n) is 3.15. The molecule has 6 nitrogen and oxygen atoms in total. The average molecular weight is 249 g/mol. The lowest BCUT2D eigenvalue weighted by Crippen LogP contribution is -2.26. The number of nitro benzene ring substituents is 1. The van der Waals surface area contributed by atoms with Crippen LogP contribution in [-0.4, -0.2) is 23.9 Å². The molecule has 1 aromatic carbocycles. The molecule has 0 radical (unpaired) electrons. The van der Waals surface area contributed by atoms with Gasteiger partial charge in [-0.25, -0.2) is 0 Å². The summed E-state index contributed by atoms with van der Waals surface area (Å²) in [5, 5.41) is 16.4. The van der Waals surface area contributed by atoms with Crippen molar-refractivity contribution in [3.63, 3.8) is 0 Å². The van der Waals surface area contributed by atoms with Crippen molar-refractivity contribution in [3.05, 3.63) is 33.9 Å². The maximum Gasteiger partial charge on any atom is 0.293 e. The van der Waals surface area contributed by atoms with Gasteiger partial charge in [-0.1, -0.05) is 6.92 Å². The SMILES string of the molecule is CNc1ccc(C(=O)NC2CC2C)cc1[N+](=O)[O-]. The van der Waals surface area contributed by atoms with Crippen LogP contribution in [0.1, 0.15) is 23.7 Å². The minimum absolute atomic E-state index is 0.0889. The Morgan fingerprint density at radius 2 is 2.17 bits per heavy atom. The lowest BCUT2D eigenvalue weighted by molar-refractivity contribution is -0.384. The first-order valence-electron chi connectivity index (χ1n) is 5.80. The van der Waals surface area contributed by atoms with Gasteiger partial charge < -0.3 is 10.6 Å². The van der Waals surface area contributed by atoms with Crippen LogP contribution >= 0.6 is 0 Å². The number of hydrogen-bond donors (Lipinski definition) is 2. The minimum Gasteiger partial charge on any atom is -0.383 e. The maximum absolute atomic E-state index is 11.9. The van der Waals surface area contributed by atoms with Gasteiger partial charge in [0.25, 0.3) is 11.6 Å². The van der Waals surface area contributed by atoms with Crippen LogP contribution in [0.2, 0.25) is 0 Å². The van der Waals surface area contributed by atoms with E-state index < -0.39 is 4.92 Å². The summed E-state index contributed by atoms with van der Waals surface area (Å²) in [5.41, 5.74) is 0.630. The molecule has 2 atom stereocenters. The van der Waals surface area contributed by atoms with Crippen molar-refractivity contribution in [2.75, 3.05) is 12.4 Å². The number of nitro groups is 1. The van der Waals surface area contributed by atoms with E-state index in [9.17, 15) is 14.9 Å². The van der Waals surface area contributed by atoms with E-state index >= 15 is 0 Å². The molecule has 1 saturated carbocycles. The highest BCUT2D eigenvalue weighted by molar-refractivity contribution is 5.96. The van der Waals surface area contributed by atoms with Crippen LogP contribution in [0.25, 0.3) is 0 Å². The second-order valence-electron chi connectivity index (χ2n) is 4.53. The van der Waals surface area contributed by atoms with Crippen molar-refractivity contribution in [1.29, 1.82) is 0 Å². The number of carbonyl (C=O) groups excluding carboxylic acids is 1. The summed E-state index contributed by atoms with van der Waals surface area (Å²) in [6.07, 6.45) is 0.975. The number of nitrogens with zero attached hydrogens (tertiary/aromatic N) is 1. The predicted molar refractivity (Wildman–Crippen MR) is 67.7 cm³/mol. The third kappa shape index (κ3) is 2.42. The molecule has 1 fully saturated rings. The van der Waals surface area contributed by atoms with E-state index in [1.54, 1.807) is 19.2 Å². The fraction of sp³-hybridized carbons (Fsp3) is 0.417. The Morgan fingerprint density at radius 1 is 1.50 bits per heavy atom. The van der Waals surface area contributed by atoms with Gasteiger partial charge >= 0.3 is 0 Å². The normalized spacial score (nSPS) is 21.2. The second kappa shape index (κ2) is 4.64. The molecule has 0 aromatic heterocycles. The fourth-order valence-corrected chi connectivity index (χ4v) is 1.81. The Labute approximate surface area is 105 Å². The zero-order valence-electron chi connectivity index (χ0n) is 10.3. The molecule has 6 heteroatoms. The van der Waals surface area contributed by atoms with E-state index in [1.807, 2.05) is 0 Å². The lowest BCUT2D eigenvalue weighted by atomic mass is 10.1. The van der Waals surface area contributed by atoms with Gasteiger partial charge in [0, 0.05) is 24.7 Å². The molecule has 1 aliphatic rings. The Morgan fingerprint density at radius 3 is 2.67 bits per heavy atom. The number of benzene rings is 1. The van der Waals surface area contributed by atoms with Crippen LogP contribution in [-0.2, 0) is 0 Å². The van der Waals surface area contributed by atoms with Crippen molar-refractivity contribution in [2.24, 2.45) is 5.92 Å². The molecule has 96 valence electrons. The Kier molecular flexibility index (Phi) is 3.18. The Hall–Kier alpha value is -2.11. The van der Waals surface area contributed by atoms with Crippen LogP contribution in [0, 0.1) is 16.0 Å². The van der Waals surface area contributed by atoms with Crippen LogP contribution in [0.5, 0.6) is 0 Å². The first-order valence-corrected chi connectivity index (χ1v) is 5.80. The fourth-order valence-electron chi connectivity index (χ4n) is 1.81. The maximum atomic E-state index is 11.9. The molecular weight excluding hydrogens is 234 g/mol. The second-order valence-corrected chi connectivity index (χ2v) is 4.53. The molecule has 0 bridgehead atoms. The highest BCUT2D eigenvalue weighted by Crippen LogP contribution is 2.30. The summed E-state index contributed by atoms with van der Waals surface area (Å²) >= 11 is 0. The first kappa shape index (κ1) is 12.3. The largest absolute Gasteiger partial charge is 0.383 e. The molecule has 2 N–H and O–H groups in total. The zero-order valence-corrected chi connectivity index (χ0v) is 10.3. The number of anilines is 1. The van der Waals surface area contributed by atoms with Gasteiger partial charge in [-0.2, -0.15) is 0 Å². The molecule has 0 spiro atoms. The molecule has 2 unspecified atom stereocenters. The number of nitrogens with one attached hydrogen (secondary N) is 2. The van der Waals surface area contributed by atoms with Gasteiger partial charge in [0.15, 0.2) is 0 Å². The Balaban J connectivity index is 2.20. The third-order valence-corrected chi connectivity index (χ3v) is 3.15. The van der Waals surface area contributed by atoms with Gasteiger partial charge in [-0.3, -0.25) is 14.9 Å². The van der Waals surface area contributed by atoms with Crippen LogP contribution in [0.4, 0.5) is 11.4 Å². The van der Waals surface area contributed by atoms with E-state index in [1.165, 1.54) is 6.07 Å². The molecule has 0 aliphatic heterocycles. The molecule has 1 amide bonds. The minimum atomic E-state index is -0.498. The summed E-state index contributed by atoms with van der Waals surface area (Å²) in [4.78, 5) is 22.2. The molecule has 18 heavy (non-hydrogen) atoms. The van der Waals surface area contributed by atoms with Crippen molar-refractivity contribution < 1.29 is 9.72 Å². The van der Waals surface area contributed by atoms with E-state index in [0.717, 1.165) is 6.42 Å². The van der Waals surface area contributed by atoms with Gasteiger partial charge in [0.2, 0.25) is 0 Å². The number of hydrogen-bond acceptors (Lipinski definition) is 4. The molecule has 0 saturated heterocycles. The highest BCUT2D eigenvalue weighted by Gasteiger charge is 2.34. The quantitative estimate of drug-likeness (QED) is 0.629. The van der Waals surface area contributed by atoms with Crippen molar-refractivity contribution in [2.45, 2.75) is 19.4 Å². The van der Waals surface area contributed by atoms with E-state index in [4.69, 9.17) is 0 Å². The summed E-state index contributed by atoms with van der Waals surface area (Å²) in [6, 6.07) is 4.64. The summed E-state index contributed by atoms with van der Waals surface area (Å²) in [5.74, 6) is 0.246. The van der Waals surface area contributed by atoms with E-state index in [-0.39, 0.29) is 17.6 Å². The van der Waals surface area contributed by atoms with Gasteiger partial charge in [0.05, 0.1) is 4.92 Å². The van der Waals surface area contributed by atoms with Gasteiger partial charge in [-0.05, 0) is 24.5 Å². The zero-order chi connectivity index (χ0) is 13.3. The molecule has 2 rings (SSSR count). The Bertz CT molecular complexity index is 501. The predicted octanol–water partition coefficient (Wildman–Crippen LogP) is 1.77. The smallest absolute Gasteiger partial charge is 0.293 e. The summed E-state index contributed by atoms with van der Waals surface area (Å²) < 4.78 is 0. The first-order chi connectivity index (χ1) is 8.52. The van der Waals surface area contributed by atoms with Crippen molar-refractivity contribution in [1.82, 2.24) is 5.32 Å². The standard InChI is InChI=1S/C12H15N3O3/c1-7-5-10(7)14-12(16)8-3-4-9(13-2)11(6-8)15(17)18/h3-4,6-7,10,13H,5H2,1-2H3,(H,14,16). The summed E-state index contributed by atoms with van der Waals surface area (Å²) in [7, 11) is 1.61. The molecule has 1 aromatic rings. The van der Waals surface area contributed by atoms with E-state index in [2.05, 4.69) is 17.6 Å². The highest BCUT2D eigenvalue weighted by atomic mass is 16.6. The van der Waals surface area contributed by atoms with E-state index in [0.29, 0.717) is 17.2 Å². The molecule has 0 heterocycles. The lowest BCUT2D eigenvalue weighted by Gasteiger charge is -2.06. The van der Waals surface area contributed by atoms with Gasteiger partial charge in [0.1, 0.15) is 5.69 Å². The molecule has 1 aliphatic carbocycles. The summed E-state index contributed by atoms with van der Waals surface area (Å²) in [6.45, 7) is 2.05. The van der Waals surface area contributed by atoms with Crippen LogP contribution < -0.4 is 10.6 Å². The monoisotopic (exact) mass is 249 g/mol. The average Bonchev–Trinajstić information content (AvgIpc) is 3.03. The number of carbonyl (C=O) groups is 1. The van der Waals surface area contributed by atoms with Crippen molar-refractivity contribution in [3.8, 4) is 0 Å². The number of rotatable bonds is 4.